The first kappa shape index (κ1) is 24.5. The number of phenols is 1. The number of carbonyl (C=O) groups is 1. The SMILES string of the molecule is Cc1cc(F)cc(C)c1C(=O)c1sc2cc(O)ccc2c1Oc1ccc(CCN2CCC(C)C2)cc1. The average molecular weight is 504 g/mol. The van der Waals surface area contributed by atoms with Gasteiger partial charge in [0, 0.05) is 28.7 Å². The number of likely N-dealkylation sites (tertiary alicyclic amines) is 1. The molecule has 186 valence electrons. The molecule has 2 heterocycles. The Kier molecular flexibility index (Phi) is 6.82. The van der Waals surface area contributed by atoms with Crippen LogP contribution in [0.4, 0.5) is 4.39 Å². The molecule has 3 aromatic carbocycles. The fourth-order valence-corrected chi connectivity index (χ4v) is 6.16. The van der Waals surface area contributed by atoms with Crippen LogP contribution in [0.25, 0.3) is 10.1 Å². The summed E-state index contributed by atoms with van der Waals surface area (Å²) in [7, 11) is 0. The number of ketones is 1. The van der Waals surface area contributed by atoms with E-state index in [1.807, 2.05) is 12.1 Å². The van der Waals surface area contributed by atoms with E-state index < -0.39 is 0 Å². The molecular formula is C30H30FNO3S. The van der Waals surface area contributed by atoms with E-state index in [1.165, 1.54) is 48.5 Å². The van der Waals surface area contributed by atoms with Crippen molar-refractivity contribution >= 4 is 27.2 Å². The molecular weight excluding hydrogens is 473 g/mol. The highest BCUT2D eigenvalue weighted by atomic mass is 32.1. The summed E-state index contributed by atoms with van der Waals surface area (Å²) >= 11 is 1.27. The van der Waals surface area contributed by atoms with E-state index in [-0.39, 0.29) is 17.3 Å². The minimum atomic E-state index is -0.362. The van der Waals surface area contributed by atoms with Gasteiger partial charge in [-0.2, -0.15) is 0 Å². The van der Waals surface area contributed by atoms with Gasteiger partial charge in [-0.25, -0.2) is 4.39 Å². The summed E-state index contributed by atoms with van der Waals surface area (Å²) in [5.41, 5.74) is 2.89. The van der Waals surface area contributed by atoms with Gasteiger partial charge in [0.25, 0.3) is 0 Å². The maximum absolute atomic E-state index is 13.9. The number of fused-ring (bicyclic) bond motifs is 1. The minimum absolute atomic E-state index is 0.125. The van der Waals surface area contributed by atoms with Crippen LogP contribution in [0.1, 0.15) is 45.3 Å². The van der Waals surface area contributed by atoms with E-state index in [0.717, 1.165) is 29.0 Å². The molecule has 0 spiro atoms. The molecule has 1 N–H and O–H groups in total. The number of halogens is 1. The van der Waals surface area contributed by atoms with Crippen LogP contribution in [0.2, 0.25) is 0 Å². The first-order valence-electron chi connectivity index (χ1n) is 12.3. The predicted octanol–water partition coefficient (Wildman–Crippen LogP) is 7.27. The molecule has 1 aromatic heterocycles. The number of aryl methyl sites for hydroxylation is 2. The molecule has 1 aliphatic rings. The summed E-state index contributed by atoms with van der Waals surface area (Å²) in [6.45, 7) is 9.19. The first-order chi connectivity index (χ1) is 17.3. The van der Waals surface area contributed by atoms with Gasteiger partial charge in [0.1, 0.15) is 22.2 Å². The zero-order chi connectivity index (χ0) is 25.4. The molecule has 0 radical (unpaired) electrons. The summed E-state index contributed by atoms with van der Waals surface area (Å²) < 4.78 is 21.0. The van der Waals surface area contributed by atoms with Gasteiger partial charge in [-0.3, -0.25) is 4.79 Å². The average Bonchev–Trinajstić information content (AvgIpc) is 3.40. The zero-order valence-corrected chi connectivity index (χ0v) is 21.6. The predicted molar refractivity (Wildman–Crippen MR) is 143 cm³/mol. The number of hydrogen-bond donors (Lipinski definition) is 1. The van der Waals surface area contributed by atoms with Gasteiger partial charge in [0.15, 0.2) is 5.75 Å². The highest BCUT2D eigenvalue weighted by Gasteiger charge is 2.25. The largest absolute Gasteiger partial charge is 0.508 e. The Morgan fingerprint density at radius 3 is 2.50 bits per heavy atom. The molecule has 4 nitrogen and oxygen atoms in total. The smallest absolute Gasteiger partial charge is 0.207 e. The lowest BCUT2D eigenvalue weighted by molar-refractivity contribution is 0.103. The Bertz CT molecular complexity index is 1400. The highest BCUT2D eigenvalue weighted by Crippen LogP contribution is 2.43. The summed E-state index contributed by atoms with van der Waals surface area (Å²) in [5.74, 6) is 1.43. The Morgan fingerprint density at radius 2 is 1.83 bits per heavy atom. The summed E-state index contributed by atoms with van der Waals surface area (Å²) in [4.78, 5) is 16.6. The van der Waals surface area contributed by atoms with Gasteiger partial charge in [-0.15, -0.1) is 11.3 Å². The van der Waals surface area contributed by atoms with Crippen LogP contribution < -0.4 is 4.74 Å². The standard InChI is InChI=1S/C30H30FNO3S/c1-18-10-12-32(17-18)13-11-21-4-7-24(8-5-21)35-29-25-9-6-23(33)16-26(25)36-30(29)28(34)27-19(2)14-22(31)15-20(27)3/h4-9,14-16,18,33H,10-13,17H2,1-3H3. The molecule has 6 heteroatoms. The maximum atomic E-state index is 13.9. The highest BCUT2D eigenvalue weighted by molar-refractivity contribution is 7.21. The fourth-order valence-electron chi connectivity index (χ4n) is 5.05. The summed E-state index contributed by atoms with van der Waals surface area (Å²) in [6, 6.07) is 15.8. The van der Waals surface area contributed by atoms with Crippen molar-refractivity contribution in [2.45, 2.75) is 33.6 Å². The van der Waals surface area contributed by atoms with E-state index in [1.54, 1.807) is 32.0 Å². The van der Waals surface area contributed by atoms with Crippen LogP contribution in [0.5, 0.6) is 17.2 Å². The number of ether oxygens (including phenoxy) is 1. The third-order valence-electron chi connectivity index (χ3n) is 6.93. The minimum Gasteiger partial charge on any atom is -0.508 e. The van der Waals surface area contributed by atoms with Crippen molar-refractivity contribution in [2.75, 3.05) is 19.6 Å². The van der Waals surface area contributed by atoms with Crippen LogP contribution in [-0.4, -0.2) is 35.4 Å². The number of rotatable bonds is 7. The van der Waals surface area contributed by atoms with E-state index in [4.69, 9.17) is 4.74 Å². The molecule has 5 rings (SSSR count). The summed E-state index contributed by atoms with van der Waals surface area (Å²) in [6.07, 6.45) is 2.26. The number of benzene rings is 3. The normalized spacial score (nSPS) is 16.1. The number of aromatic hydroxyl groups is 1. The van der Waals surface area contributed by atoms with E-state index >= 15 is 0 Å². The zero-order valence-electron chi connectivity index (χ0n) is 20.8. The Morgan fingerprint density at radius 1 is 1.11 bits per heavy atom. The monoisotopic (exact) mass is 503 g/mol. The molecule has 1 atom stereocenters. The maximum Gasteiger partial charge on any atom is 0.207 e. The van der Waals surface area contributed by atoms with Crippen molar-refractivity contribution in [1.29, 1.82) is 0 Å². The second kappa shape index (κ2) is 10.0. The van der Waals surface area contributed by atoms with E-state index in [0.29, 0.717) is 33.1 Å². The van der Waals surface area contributed by atoms with Crippen molar-refractivity contribution in [3.63, 3.8) is 0 Å². The Hall–Kier alpha value is -3.22. The number of hydrogen-bond acceptors (Lipinski definition) is 5. The van der Waals surface area contributed by atoms with Crippen molar-refractivity contribution in [3.05, 3.63) is 87.5 Å². The number of nitrogens with zero attached hydrogens (tertiary/aromatic N) is 1. The van der Waals surface area contributed by atoms with Crippen molar-refractivity contribution in [3.8, 4) is 17.2 Å². The van der Waals surface area contributed by atoms with Crippen LogP contribution in [0.15, 0.2) is 54.6 Å². The second-order valence-electron chi connectivity index (χ2n) is 9.87. The third-order valence-corrected chi connectivity index (χ3v) is 8.06. The molecule has 0 bridgehead atoms. The van der Waals surface area contributed by atoms with Crippen molar-refractivity contribution < 1.29 is 19.0 Å². The number of phenolic OH excluding ortho intramolecular Hbond substituents is 1. The van der Waals surface area contributed by atoms with E-state index in [9.17, 15) is 14.3 Å². The number of thiophene rings is 1. The topological polar surface area (TPSA) is 49.8 Å². The lowest BCUT2D eigenvalue weighted by Crippen LogP contribution is -2.22. The molecule has 4 aromatic rings. The van der Waals surface area contributed by atoms with Gasteiger partial charge in [-0.1, -0.05) is 19.1 Å². The Balaban J connectivity index is 1.44. The lowest BCUT2D eigenvalue weighted by atomic mass is 9.97. The first-order valence-corrected chi connectivity index (χ1v) is 13.2. The molecule has 1 unspecified atom stereocenters. The van der Waals surface area contributed by atoms with Gasteiger partial charge >= 0.3 is 0 Å². The van der Waals surface area contributed by atoms with Crippen LogP contribution in [-0.2, 0) is 6.42 Å². The molecule has 0 amide bonds. The molecule has 1 fully saturated rings. The van der Waals surface area contributed by atoms with Crippen molar-refractivity contribution in [1.82, 2.24) is 4.90 Å². The van der Waals surface area contributed by atoms with Crippen LogP contribution >= 0.6 is 11.3 Å². The summed E-state index contributed by atoms with van der Waals surface area (Å²) in [5, 5.41) is 10.8. The van der Waals surface area contributed by atoms with Crippen molar-refractivity contribution in [2.24, 2.45) is 5.92 Å². The number of carbonyl (C=O) groups excluding carboxylic acids is 1. The second-order valence-corrected chi connectivity index (χ2v) is 10.9. The molecule has 1 saturated heterocycles. The Labute approximate surface area is 215 Å². The molecule has 36 heavy (non-hydrogen) atoms. The van der Waals surface area contributed by atoms with E-state index in [2.05, 4.69) is 24.0 Å². The van der Waals surface area contributed by atoms with Crippen LogP contribution in [0.3, 0.4) is 0 Å². The van der Waals surface area contributed by atoms with Gasteiger partial charge in [0.05, 0.1) is 0 Å². The lowest BCUT2D eigenvalue weighted by Gasteiger charge is -2.15. The molecule has 0 aliphatic carbocycles. The molecule has 1 aliphatic heterocycles. The fraction of sp³-hybridized carbons (Fsp3) is 0.300. The van der Waals surface area contributed by atoms with Gasteiger partial charge in [0.2, 0.25) is 5.78 Å². The van der Waals surface area contributed by atoms with Gasteiger partial charge in [-0.05, 0) is 98.3 Å². The van der Waals surface area contributed by atoms with Gasteiger partial charge < -0.3 is 14.7 Å². The van der Waals surface area contributed by atoms with Crippen LogP contribution in [0, 0.1) is 25.6 Å². The molecule has 0 saturated carbocycles. The third kappa shape index (κ3) is 5.01. The quantitative estimate of drug-likeness (QED) is 0.270.